The predicted molar refractivity (Wildman–Crippen MR) is 143 cm³/mol. The summed E-state index contributed by atoms with van der Waals surface area (Å²) in [4.78, 5) is 31.7. The number of amides is 1. The highest BCUT2D eigenvalue weighted by Gasteiger charge is 2.34. The first kappa shape index (κ1) is 25.4. The maximum Gasteiger partial charge on any atom is 0.341 e. The summed E-state index contributed by atoms with van der Waals surface area (Å²) in [5.74, 6) is -0.539. The van der Waals surface area contributed by atoms with Crippen LogP contribution < -0.4 is 4.90 Å². The van der Waals surface area contributed by atoms with Crippen LogP contribution in [0.4, 0.5) is 5.82 Å². The Morgan fingerprint density at radius 3 is 2.37 bits per heavy atom. The minimum absolute atomic E-state index is 0.00707. The third-order valence-electron chi connectivity index (χ3n) is 7.24. The van der Waals surface area contributed by atoms with E-state index in [9.17, 15) is 19.8 Å². The highest BCUT2D eigenvalue weighted by Crippen LogP contribution is 2.33. The first-order valence-corrected chi connectivity index (χ1v) is 13.0. The molecule has 0 bridgehead atoms. The van der Waals surface area contributed by atoms with Crippen molar-refractivity contribution in [2.24, 2.45) is 11.8 Å². The fourth-order valence-electron chi connectivity index (χ4n) is 5.14. The lowest BCUT2D eigenvalue weighted by Crippen LogP contribution is -2.43. The van der Waals surface area contributed by atoms with Gasteiger partial charge in [-0.1, -0.05) is 19.1 Å². The molecule has 1 saturated carbocycles. The van der Waals surface area contributed by atoms with E-state index in [1.165, 1.54) is 15.4 Å². The van der Waals surface area contributed by atoms with E-state index in [-0.39, 0.29) is 35.1 Å². The van der Waals surface area contributed by atoms with Crippen molar-refractivity contribution in [2.45, 2.75) is 59.4 Å². The molecule has 1 aliphatic carbocycles. The SMILES string of the molecule is Cc1cc(O)n2nc(-c3ccc(-n4cc(C(=O)O)c(N(C(=O)C5CCC(C)CC5)C(C)C)n4)cc3)cc2n1. The summed E-state index contributed by atoms with van der Waals surface area (Å²) in [5, 5.41) is 29.2. The van der Waals surface area contributed by atoms with E-state index in [2.05, 4.69) is 22.1 Å². The number of aromatic carboxylic acids is 1. The summed E-state index contributed by atoms with van der Waals surface area (Å²) >= 11 is 0. The zero-order chi connectivity index (χ0) is 27.1. The molecule has 1 aromatic carbocycles. The van der Waals surface area contributed by atoms with Crippen LogP contribution in [-0.2, 0) is 4.79 Å². The van der Waals surface area contributed by atoms with Crippen LogP contribution in [-0.4, -0.2) is 52.5 Å². The van der Waals surface area contributed by atoms with E-state index in [0.29, 0.717) is 28.6 Å². The molecule has 10 heteroatoms. The van der Waals surface area contributed by atoms with Crippen molar-refractivity contribution in [1.29, 1.82) is 0 Å². The van der Waals surface area contributed by atoms with E-state index in [1.807, 2.05) is 38.1 Å². The van der Waals surface area contributed by atoms with E-state index >= 15 is 0 Å². The van der Waals surface area contributed by atoms with Gasteiger partial charge in [0.15, 0.2) is 11.5 Å². The number of aromatic nitrogens is 5. The molecule has 1 aliphatic rings. The molecule has 0 aliphatic heterocycles. The second-order valence-corrected chi connectivity index (χ2v) is 10.5. The third-order valence-corrected chi connectivity index (χ3v) is 7.24. The Bertz CT molecular complexity index is 1500. The average Bonchev–Trinajstić information content (AvgIpc) is 3.50. The van der Waals surface area contributed by atoms with Crippen LogP contribution in [0.3, 0.4) is 0 Å². The largest absolute Gasteiger partial charge is 0.493 e. The van der Waals surface area contributed by atoms with Crippen LogP contribution in [0.15, 0.2) is 42.6 Å². The summed E-state index contributed by atoms with van der Waals surface area (Å²) in [7, 11) is 0. The number of carbonyl (C=O) groups is 2. The molecule has 0 radical (unpaired) electrons. The molecule has 0 unspecified atom stereocenters. The second kappa shape index (κ2) is 9.92. The quantitative estimate of drug-likeness (QED) is 0.375. The monoisotopic (exact) mass is 516 g/mol. The molecule has 0 atom stereocenters. The smallest absolute Gasteiger partial charge is 0.341 e. The van der Waals surface area contributed by atoms with Crippen LogP contribution in [0.25, 0.3) is 22.6 Å². The molecule has 38 heavy (non-hydrogen) atoms. The topological polar surface area (TPSA) is 126 Å². The number of rotatable bonds is 6. The van der Waals surface area contributed by atoms with Crippen LogP contribution in [0.5, 0.6) is 5.88 Å². The van der Waals surface area contributed by atoms with Gasteiger partial charge in [-0.3, -0.25) is 9.69 Å². The van der Waals surface area contributed by atoms with E-state index in [0.717, 1.165) is 31.2 Å². The van der Waals surface area contributed by atoms with Gasteiger partial charge in [-0.15, -0.1) is 5.10 Å². The maximum atomic E-state index is 13.5. The Hall–Kier alpha value is -4.21. The summed E-state index contributed by atoms with van der Waals surface area (Å²) in [6.07, 6.45) is 5.06. The molecule has 5 rings (SSSR count). The number of carboxylic acid groups (broad SMARTS) is 1. The molecule has 3 heterocycles. The Labute approximate surface area is 220 Å². The Morgan fingerprint density at radius 2 is 1.74 bits per heavy atom. The minimum atomic E-state index is -1.13. The zero-order valence-electron chi connectivity index (χ0n) is 22.0. The Morgan fingerprint density at radius 1 is 1.05 bits per heavy atom. The van der Waals surface area contributed by atoms with Crippen molar-refractivity contribution in [3.8, 4) is 22.8 Å². The third kappa shape index (κ3) is 4.73. The number of carboxylic acids is 1. The standard InChI is InChI=1S/C28H32N6O4/c1-16(2)33(27(36)20-7-5-17(3)6-8-20)26-22(28(37)38)15-32(31-26)21-11-9-19(10-12-21)23-14-24-29-18(4)13-25(35)34(24)30-23/h9-17,20,35H,5-8H2,1-4H3,(H,37,38). The normalized spacial score (nSPS) is 17.7. The molecule has 0 saturated heterocycles. The van der Waals surface area contributed by atoms with Crippen molar-refractivity contribution in [1.82, 2.24) is 24.4 Å². The molecule has 2 N–H and O–H groups in total. The molecule has 0 spiro atoms. The lowest BCUT2D eigenvalue weighted by atomic mass is 9.82. The molecule has 1 fully saturated rings. The van der Waals surface area contributed by atoms with Gasteiger partial charge in [-0.05, 0) is 64.5 Å². The van der Waals surface area contributed by atoms with Crippen molar-refractivity contribution in [3.63, 3.8) is 0 Å². The fourth-order valence-corrected chi connectivity index (χ4v) is 5.14. The number of anilines is 1. The second-order valence-electron chi connectivity index (χ2n) is 10.5. The maximum absolute atomic E-state index is 13.5. The molecular weight excluding hydrogens is 484 g/mol. The first-order valence-electron chi connectivity index (χ1n) is 13.0. The number of benzene rings is 1. The van der Waals surface area contributed by atoms with Crippen LogP contribution in [0, 0.1) is 18.8 Å². The Kier molecular flexibility index (Phi) is 6.64. The highest BCUT2D eigenvalue weighted by atomic mass is 16.4. The van der Waals surface area contributed by atoms with Gasteiger partial charge in [-0.2, -0.15) is 9.61 Å². The number of carbonyl (C=O) groups excluding carboxylic acids is 1. The van der Waals surface area contributed by atoms with Crippen LogP contribution in [0.1, 0.15) is 62.5 Å². The molecule has 1 amide bonds. The summed E-state index contributed by atoms with van der Waals surface area (Å²) in [6, 6.07) is 10.4. The van der Waals surface area contributed by atoms with Crippen LogP contribution >= 0.6 is 0 Å². The predicted octanol–water partition coefficient (Wildman–Crippen LogP) is 4.86. The number of fused-ring (bicyclic) bond motifs is 1. The molecule has 3 aromatic heterocycles. The van der Waals surface area contributed by atoms with Gasteiger partial charge < -0.3 is 10.2 Å². The number of hydrogen-bond acceptors (Lipinski definition) is 6. The van der Waals surface area contributed by atoms with Gasteiger partial charge in [0.25, 0.3) is 0 Å². The lowest BCUT2D eigenvalue weighted by molar-refractivity contribution is -0.124. The van der Waals surface area contributed by atoms with Crippen LogP contribution in [0.2, 0.25) is 0 Å². The highest BCUT2D eigenvalue weighted by molar-refractivity contribution is 6.01. The fraction of sp³-hybridized carbons (Fsp3) is 0.393. The van der Waals surface area contributed by atoms with Crippen molar-refractivity contribution >= 4 is 23.3 Å². The van der Waals surface area contributed by atoms with Crippen molar-refractivity contribution in [2.75, 3.05) is 4.90 Å². The van der Waals surface area contributed by atoms with Gasteiger partial charge in [-0.25, -0.2) is 14.5 Å². The molecule has 198 valence electrons. The van der Waals surface area contributed by atoms with E-state index < -0.39 is 5.97 Å². The summed E-state index contributed by atoms with van der Waals surface area (Å²) in [5.41, 5.74) is 3.29. The van der Waals surface area contributed by atoms with E-state index in [4.69, 9.17) is 0 Å². The average molecular weight is 517 g/mol. The van der Waals surface area contributed by atoms with Crippen molar-refractivity contribution in [3.05, 3.63) is 53.9 Å². The van der Waals surface area contributed by atoms with Crippen molar-refractivity contribution < 1.29 is 19.8 Å². The van der Waals surface area contributed by atoms with Gasteiger partial charge in [0, 0.05) is 41.5 Å². The van der Waals surface area contributed by atoms with Gasteiger partial charge in [0.2, 0.25) is 11.8 Å². The van der Waals surface area contributed by atoms with Gasteiger partial charge in [0.1, 0.15) is 5.56 Å². The molecule has 10 nitrogen and oxygen atoms in total. The first-order chi connectivity index (χ1) is 18.1. The summed E-state index contributed by atoms with van der Waals surface area (Å²) in [6.45, 7) is 7.76. The minimum Gasteiger partial charge on any atom is -0.493 e. The van der Waals surface area contributed by atoms with Gasteiger partial charge >= 0.3 is 5.97 Å². The molecule has 4 aromatic rings. The van der Waals surface area contributed by atoms with E-state index in [1.54, 1.807) is 24.0 Å². The number of aryl methyl sites for hydroxylation is 1. The number of nitrogens with zero attached hydrogens (tertiary/aromatic N) is 6. The number of aromatic hydroxyl groups is 1. The lowest BCUT2D eigenvalue weighted by Gasteiger charge is -2.32. The summed E-state index contributed by atoms with van der Waals surface area (Å²) < 4.78 is 2.87. The Balaban J connectivity index is 1.46. The van der Waals surface area contributed by atoms with Gasteiger partial charge in [0.05, 0.1) is 11.4 Å². The molecular formula is C28H32N6O4. The zero-order valence-corrected chi connectivity index (χ0v) is 22.0. The number of hydrogen-bond donors (Lipinski definition) is 2.